The predicted molar refractivity (Wildman–Crippen MR) is 56.3 cm³/mol. The first kappa shape index (κ1) is 11.5. The molecule has 0 spiro atoms. The van der Waals surface area contributed by atoms with Crippen LogP contribution in [0.3, 0.4) is 0 Å². The zero-order chi connectivity index (χ0) is 10.6. The fraction of sp³-hybridized carbons (Fsp3) is 0.909. The summed E-state index contributed by atoms with van der Waals surface area (Å²) in [5, 5.41) is 12.3. The van der Waals surface area contributed by atoms with Crippen LogP contribution in [0.2, 0.25) is 0 Å². The molecule has 2 N–H and O–H groups in total. The maximum absolute atomic E-state index is 10.7. The summed E-state index contributed by atoms with van der Waals surface area (Å²) in [6.07, 6.45) is 5.44. The maximum atomic E-state index is 10.7. The van der Waals surface area contributed by atoms with E-state index in [0.717, 1.165) is 19.3 Å². The molecular formula is C11H21NO2. The van der Waals surface area contributed by atoms with Crippen molar-refractivity contribution in [2.24, 2.45) is 5.92 Å². The minimum Gasteiger partial charge on any atom is -0.481 e. The third-order valence-corrected chi connectivity index (χ3v) is 3.08. The smallest absolute Gasteiger partial charge is 0.308 e. The van der Waals surface area contributed by atoms with E-state index in [9.17, 15) is 4.79 Å². The lowest BCUT2D eigenvalue weighted by Crippen LogP contribution is -2.50. The second kappa shape index (κ2) is 5.35. The Morgan fingerprint density at radius 2 is 2.29 bits per heavy atom. The minimum atomic E-state index is -0.642. The number of rotatable bonds is 6. The number of carbonyl (C=O) groups is 1. The number of carboxylic acid groups (broad SMARTS) is 1. The summed E-state index contributed by atoms with van der Waals surface area (Å²) in [4.78, 5) is 10.7. The summed E-state index contributed by atoms with van der Waals surface area (Å²) in [5.41, 5.74) is 0. The molecule has 0 aliphatic heterocycles. The minimum absolute atomic E-state index is 0.140. The highest BCUT2D eigenvalue weighted by Gasteiger charge is 2.36. The van der Waals surface area contributed by atoms with Gasteiger partial charge in [0.15, 0.2) is 0 Å². The van der Waals surface area contributed by atoms with Crippen LogP contribution in [0.5, 0.6) is 0 Å². The molecule has 0 amide bonds. The number of hydrogen-bond donors (Lipinski definition) is 2. The van der Waals surface area contributed by atoms with Gasteiger partial charge < -0.3 is 10.4 Å². The second-order valence-corrected chi connectivity index (χ2v) is 4.34. The van der Waals surface area contributed by atoms with Crippen LogP contribution in [0.15, 0.2) is 0 Å². The summed E-state index contributed by atoms with van der Waals surface area (Å²) in [5.74, 6) is -0.782. The molecule has 1 fully saturated rings. The maximum Gasteiger partial charge on any atom is 0.308 e. The van der Waals surface area contributed by atoms with E-state index < -0.39 is 5.97 Å². The molecule has 1 rings (SSSR count). The second-order valence-electron chi connectivity index (χ2n) is 4.34. The molecule has 1 aliphatic rings. The topological polar surface area (TPSA) is 49.3 Å². The molecule has 0 bridgehead atoms. The SMILES string of the molecule is CCCCC(C)NC1CCC1C(=O)O. The van der Waals surface area contributed by atoms with Gasteiger partial charge in [-0.15, -0.1) is 0 Å². The summed E-state index contributed by atoms with van der Waals surface area (Å²) in [6, 6.07) is 0.682. The standard InChI is InChI=1S/C11H21NO2/c1-3-4-5-8(2)12-10-7-6-9(10)11(13)14/h8-10,12H,3-7H2,1-2H3,(H,13,14). The Labute approximate surface area is 85.9 Å². The molecule has 1 aliphatic carbocycles. The van der Waals surface area contributed by atoms with Gasteiger partial charge >= 0.3 is 5.97 Å². The molecule has 0 heterocycles. The summed E-state index contributed by atoms with van der Waals surface area (Å²) >= 11 is 0. The average molecular weight is 199 g/mol. The Morgan fingerprint density at radius 1 is 1.57 bits per heavy atom. The van der Waals surface area contributed by atoms with Crippen molar-refractivity contribution in [3.8, 4) is 0 Å². The summed E-state index contributed by atoms with van der Waals surface area (Å²) in [6.45, 7) is 4.32. The lowest BCUT2D eigenvalue weighted by Gasteiger charge is -2.36. The van der Waals surface area contributed by atoms with Crippen molar-refractivity contribution in [3.05, 3.63) is 0 Å². The van der Waals surface area contributed by atoms with Crippen LogP contribution in [-0.4, -0.2) is 23.2 Å². The van der Waals surface area contributed by atoms with Crippen LogP contribution in [0.1, 0.15) is 46.0 Å². The third kappa shape index (κ3) is 2.98. The van der Waals surface area contributed by atoms with Gasteiger partial charge in [-0.2, -0.15) is 0 Å². The Balaban J connectivity index is 2.20. The number of nitrogens with one attached hydrogen (secondary N) is 1. The van der Waals surface area contributed by atoms with Crippen LogP contribution < -0.4 is 5.32 Å². The molecule has 14 heavy (non-hydrogen) atoms. The normalized spacial score (nSPS) is 28.1. The largest absolute Gasteiger partial charge is 0.481 e. The molecule has 0 aromatic heterocycles. The van der Waals surface area contributed by atoms with Crippen LogP contribution in [0.25, 0.3) is 0 Å². The van der Waals surface area contributed by atoms with Gasteiger partial charge in [-0.1, -0.05) is 19.8 Å². The van der Waals surface area contributed by atoms with Gasteiger partial charge in [-0.25, -0.2) is 0 Å². The van der Waals surface area contributed by atoms with Gasteiger partial charge in [0.25, 0.3) is 0 Å². The Morgan fingerprint density at radius 3 is 2.71 bits per heavy atom. The van der Waals surface area contributed by atoms with Crippen molar-refractivity contribution in [2.45, 2.75) is 58.0 Å². The molecule has 3 atom stereocenters. The molecule has 3 heteroatoms. The molecule has 0 aromatic carbocycles. The highest BCUT2D eigenvalue weighted by molar-refractivity contribution is 5.72. The molecule has 0 aromatic rings. The van der Waals surface area contributed by atoms with Crippen molar-refractivity contribution in [3.63, 3.8) is 0 Å². The highest BCUT2D eigenvalue weighted by Crippen LogP contribution is 2.28. The molecular weight excluding hydrogens is 178 g/mol. The first-order chi connectivity index (χ1) is 6.65. The van der Waals surface area contributed by atoms with Crippen molar-refractivity contribution < 1.29 is 9.90 Å². The van der Waals surface area contributed by atoms with Crippen molar-refractivity contribution in [1.29, 1.82) is 0 Å². The van der Waals surface area contributed by atoms with Gasteiger partial charge in [0, 0.05) is 12.1 Å². The van der Waals surface area contributed by atoms with Crippen LogP contribution in [-0.2, 0) is 4.79 Å². The fourth-order valence-corrected chi connectivity index (χ4v) is 1.95. The van der Waals surface area contributed by atoms with E-state index in [1.807, 2.05) is 0 Å². The van der Waals surface area contributed by atoms with Crippen molar-refractivity contribution >= 4 is 5.97 Å². The van der Waals surface area contributed by atoms with E-state index in [2.05, 4.69) is 19.2 Å². The lowest BCUT2D eigenvalue weighted by molar-refractivity contribution is -0.146. The van der Waals surface area contributed by atoms with Gasteiger partial charge in [0.05, 0.1) is 5.92 Å². The van der Waals surface area contributed by atoms with Crippen LogP contribution in [0, 0.1) is 5.92 Å². The highest BCUT2D eigenvalue weighted by atomic mass is 16.4. The van der Waals surface area contributed by atoms with E-state index >= 15 is 0 Å². The lowest BCUT2D eigenvalue weighted by atomic mass is 9.79. The summed E-state index contributed by atoms with van der Waals surface area (Å²) < 4.78 is 0. The van der Waals surface area contributed by atoms with Gasteiger partial charge in [-0.05, 0) is 26.2 Å². The first-order valence-corrected chi connectivity index (χ1v) is 5.64. The van der Waals surface area contributed by atoms with E-state index in [4.69, 9.17) is 5.11 Å². The van der Waals surface area contributed by atoms with Crippen molar-refractivity contribution in [1.82, 2.24) is 5.32 Å². The number of aliphatic carboxylic acids is 1. The van der Waals surface area contributed by atoms with Gasteiger partial charge in [0.1, 0.15) is 0 Å². The number of unbranched alkanes of at least 4 members (excludes halogenated alkanes) is 1. The Kier molecular flexibility index (Phi) is 4.39. The number of carboxylic acids is 1. The zero-order valence-corrected chi connectivity index (χ0v) is 9.12. The van der Waals surface area contributed by atoms with E-state index in [-0.39, 0.29) is 12.0 Å². The van der Waals surface area contributed by atoms with E-state index in [1.54, 1.807) is 0 Å². The van der Waals surface area contributed by atoms with Gasteiger partial charge in [-0.3, -0.25) is 4.79 Å². The Hall–Kier alpha value is -0.570. The quantitative estimate of drug-likeness (QED) is 0.688. The molecule has 82 valence electrons. The molecule has 1 saturated carbocycles. The molecule has 3 nitrogen and oxygen atoms in total. The predicted octanol–water partition coefficient (Wildman–Crippen LogP) is 2.02. The third-order valence-electron chi connectivity index (χ3n) is 3.08. The molecule has 0 radical (unpaired) electrons. The fourth-order valence-electron chi connectivity index (χ4n) is 1.95. The molecule has 3 unspecified atom stereocenters. The van der Waals surface area contributed by atoms with Gasteiger partial charge in [0.2, 0.25) is 0 Å². The first-order valence-electron chi connectivity index (χ1n) is 5.64. The summed E-state index contributed by atoms with van der Waals surface area (Å²) in [7, 11) is 0. The van der Waals surface area contributed by atoms with E-state index in [1.165, 1.54) is 12.8 Å². The molecule has 0 saturated heterocycles. The zero-order valence-electron chi connectivity index (χ0n) is 9.12. The van der Waals surface area contributed by atoms with Crippen LogP contribution >= 0.6 is 0 Å². The monoisotopic (exact) mass is 199 g/mol. The van der Waals surface area contributed by atoms with Crippen LogP contribution in [0.4, 0.5) is 0 Å². The number of hydrogen-bond acceptors (Lipinski definition) is 2. The van der Waals surface area contributed by atoms with E-state index in [0.29, 0.717) is 6.04 Å². The Bertz CT molecular complexity index is 194. The average Bonchev–Trinajstić information content (AvgIpc) is 2.08. The van der Waals surface area contributed by atoms with Crippen molar-refractivity contribution in [2.75, 3.05) is 0 Å².